The average molecular weight is 364 g/mol. The summed E-state index contributed by atoms with van der Waals surface area (Å²) < 4.78 is 27.1. The van der Waals surface area contributed by atoms with E-state index >= 15 is 4.39 Å². The molecule has 0 heterocycles. The molecule has 4 nitrogen and oxygen atoms in total. The predicted octanol–water partition coefficient (Wildman–Crippen LogP) is 5.11. The summed E-state index contributed by atoms with van der Waals surface area (Å²) in [5.74, 6) is -1.39. The van der Waals surface area contributed by atoms with Crippen LogP contribution in [0.15, 0.2) is 6.07 Å². The largest absolute Gasteiger partial charge is 0.478 e. The van der Waals surface area contributed by atoms with Gasteiger partial charge in [-0.25, -0.2) is 9.18 Å². The molecule has 1 saturated carbocycles. The van der Waals surface area contributed by atoms with Gasteiger partial charge in [0.15, 0.2) is 11.6 Å². The van der Waals surface area contributed by atoms with E-state index < -0.39 is 18.1 Å². The van der Waals surface area contributed by atoms with Crippen LogP contribution in [0.3, 0.4) is 0 Å². The summed E-state index contributed by atoms with van der Waals surface area (Å²) in [6, 6.07) is 1.35. The van der Waals surface area contributed by atoms with E-state index in [0.29, 0.717) is 24.0 Å². The molecule has 0 spiro atoms. The van der Waals surface area contributed by atoms with E-state index in [9.17, 15) is 9.90 Å². The molecule has 2 aliphatic rings. The van der Waals surface area contributed by atoms with Gasteiger partial charge in [0.25, 0.3) is 0 Å². The molecule has 1 unspecified atom stereocenters. The maximum absolute atomic E-state index is 15.0. The Morgan fingerprint density at radius 2 is 1.77 bits per heavy atom. The number of hydrogen-bond acceptors (Lipinski definition) is 3. The van der Waals surface area contributed by atoms with Crippen LogP contribution in [0.4, 0.5) is 4.39 Å². The van der Waals surface area contributed by atoms with Gasteiger partial charge < -0.3 is 14.6 Å². The topological polar surface area (TPSA) is 55.8 Å². The van der Waals surface area contributed by atoms with E-state index in [1.54, 1.807) is 0 Å². The van der Waals surface area contributed by atoms with E-state index in [0.717, 1.165) is 38.5 Å². The Balaban J connectivity index is 1.86. The SMILES string of the molecule is CC(C)C(Oc1cc(C(=O)O)c2c(c1F)CCCC2)OC1CCCCC1. The van der Waals surface area contributed by atoms with Crippen molar-refractivity contribution < 1.29 is 23.8 Å². The van der Waals surface area contributed by atoms with Crippen LogP contribution in [0.2, 0.25) is 0 Å². The first-order valence-electron chi connectivity index (χ1n) is 9.87. The fourth-order valence-corrected chi connectivity index (χ4v) is 3.99. The second-order valence-corrected chi connectivity index (χ2v) is 7.83. The Kier molecular flexibility index (Phi) is 6.17. The lowest BCUT2D eigenvalue weighted by molar-refractivity contribution is -0.151. The molecule has 5 heteroatoms. The van der Waals surface area contributed by atoms with Crippen molar-refractivity contribution in [2.24, 2.45) is 5.92 Å². The molecule has 2 aliphatic carbocycles. The lowest BCUT2D eigenvalue weighted by Crippen LogP contribution is -2.33. The molecule has 0 aliphatic heterocycles. The van der Waals surface area contributed by atoms with Crippen LogP contribution in [-0.2, 0) is 17.6 Å². The predicted molar refractivity (Wildman–Crippen MR) is 97.2 cm³/mol. The monoisotopic (exact) mass is 364 g/mol. The summed E-state index contributed by atoms with van der Waals surface area (Å²) in [6.45, 7) is 3.95. The first-order valence-corrected chi connectivity index (χ1v) is 9.87. The zero-order valence-electron chi connectivity index (χ0n) is 15.7. The van der Waals surface area contributed by atoms with E-state index in [1.807, 2.05) is 13.8 Å². The molecule has 3 rings (SSSR count). The Labute approximate surface area is 154 Å². The van der Waals surface area contributed by atoms with Crippen molar-refractivity contribution in [3.05, 3.63) is 28.6 Å². The summed E-state index contributed by atoms with van der Waals surface area (Å²) >= 11 is 0. The number of fused-ring (bicyclic) bond motifs is 1. The van der Waals surface area contributed by atoms with Gasteiger partial charge in [0.05, 0.1) is 11.7 Å². The van der Waals surface area contributed by atoms with Crippen LogP contribution in [0.1, 0.15) is 80.3 Å². The van der Waals surface area contributed by atoms with E-state index in [4.69, 9.17) is 9.47 Å². The number of carbonyl (C=O) groups is 1. The molecule has 1 fully saturated rings. The van der Waals surface area contributed by atoms with Gasteiger partial charge in [0.2, 0.25) is 6.29 Å². The van der Waals surface area contributed by atoms with Gasteiger partial charge in [-0.05, 0) is 55.7 Å². The second kappa shape index (κ2) is 8.38. The highest BCUT2D eigenvalue weighted by Crippen LogP contribution is 2.34. The summed E-state index contributed by atoms with van der Waals surface area (Å²) in [4.78, 5) is 11.7. The molecule has 144 valence electrons. The molecule has 0 bridgehead atoms. The molecule has 1 atom stereocenters. The Hall–Kier alpha value is -1.62. The Morgan fingerprint density at radius 3 is 2.38 bits per heavy atom. The average Bonchev–Trinajstić information content (AvgIpc) is 2.63. The minimum absolute atomic E-state index is 0.0116. The van der Waals surface area contributed by atoms with Crippen molar-refractivity contribution in [2.75, 3.05) is 0 Å². The number of aromatic carboxylic acids is 1. The lowest BCUT2D eigenvalue weighted by Gasteiger charge is -2.31. The minimum atomic E-state index is -1.03. The third kappa shape index (κ3) is 4.20. The van der Waals surface area contributed by atoms with Crippen molar-refractivity contribution in [1.82, 2.24) is 0 Å². The fraction of sp³-hybridized carbons (Fsp3) is 0.667. The highest BCUT2D eigenvalue weighted by Gasteiger charge is 2.28. The van der Waals surface area contributed by atoms with Crippen LogP contribution in [0, 0.1) is 11.7 Å². The molecule has 1 N–H and O–H groups in total. The van der Waals surface area contributed by atoms with Crippen LogP contribution in [0.25, 0.3) is 0 Å². The summed E-state index contributed by atoms with van der Waals surface area (Å²) in [6.07, 6.45) is 8.03. The highest BCUT2D eigenvalue weighted by atomic mass is 19.1. The van der Waals surface area contributed by atoms with Crippen LogP contribution < -0.4 is 4.74 Å². The van der Waals surface area contributed by atoms with Crippen molar-refractivity contribution in [1.29, 1.82) is 0 Å². The van der Waals surface area contributed by atoms with Gasteiger partial charge in [0, 0.05) is 5.92 Å². The van der Waals surface area contributed by atoms with Crippen molar-refractivity contribution >= 4 is 5.97 Å². The van der Waals surface area contributed by atoms with Crippen molar-refractivity contribution in [2.45, 2.75) is 84.0 Å². The minimum Gasteiger partial charge on any atom is -0.478 e. The van der Waals surface area contributed by atoms with Crippen LogP contribution in [-0.4, -0.2) is 23.5 Å². The number of carboxylic acid groups (broad SMARTS) is 1. The number of halogens is 1. The molecule has 0 saturated heterocycles. The third-order valence-corrected chi connectivity index (χ3v) is 5.45. The summed E-state index contributed by atoms with van der Waals surface area (Å²) in [5.41, 5.74) is 1.30. The number of rotatable bonds is 6. The maximum atomic E-state index is 15.0. The Morgan fingerprint density at radius 1 is 1.12 bits per heavy atom. The lowest BCUT2D eigenvalue weighted by atomic mass is 9.87. The molecule has 0 radical (unpaired) electrons. The normalized spacial score (nSPS) is 19.2. The highest BCUT2D eigenvalue weighted by molar-refractivity contribution is 5.90. The molecule has 0 amide bonds. The first kappa shape index (κ1) is 19.2. The second-order valence-electron chi connectivity index (χ2n) is 7.83. The standard InChI is InChI=1S/C21H29FO4/c1-13(2)21(25-14-8-4-3-5-9-14)26-18-12-17(20(23)24)15-10-6-7-11-16(15)19(18)22/h12-14,21H,3-11H2,1-2H3,(H,23,24). The van der Waals surface area contributed by atoms with Gasteiger partial charge in [-0.3, -0.25) is 0 Å². The van der Waals surface area contributed by atoms with Gasteiger partial charge in [-0.15, -0.1) is 0 Å². The smallest absolute Gasteiger partial charge is 0.336 e. The zero-order chi connectivity index (χ0) is 18.7. The molecular formula is C21H29FO4. The number of carboxylic acids is 1. The maximum Gasteiger partial charge on any atom is 0.336 e. The third-order valence-electron chi connectivity index (χ3n) is 5.45. The van der Waals surface area contributed by atoms with Crippen LogP contribution >= 0.6 is 0 Å². The fourth-order valence-electron chi connectivity index (χ4n) is 3.99. The zero-order valence-corrected chi connectivity index (χ0v) is 15.7. The van der Waals surface area contributed by atoms with Gasteiger partial charge in [-0.2, -0.15) is 0 Å². The van der Waals surface area contributed by atoms with Gasteiger partial charge >= 0.3 is 5.97 Å². The van der Waals surface area contributed by atoms with Crippen LogP contribution in [0.5, 0.6) is 5.75 Å². The number of ether oxygens (including phenoxy) is 2. The molecule has 26 heavy (non-hydrogen) atoms. The molecule has 1 aromatic rings. The molecule has 1 aromatic carbocycles. The first-order chi connectivity index (χ1) is 12.5. The summed E-state index contributed by atoms with van der Waals surface area (Å²) in [5, 5.41) is 9.55. The van der Waals surface area contributed by atoms with E-state index in [-0.39, 0.29) is 23.3 Å². The number of hydrogen-bond donors (Lipinski definition) is 1. The van der Waals surface area contributed by atoms with Gasteiger partial charge in [0.1, 0.15) is 0 Å². The van der Waals surface area contributed by atoms with Gasteiger partial charge in [-0.1, -0.05) is 33.1 Å². The van der Waals surface area contributed by atoms with Crippen molar-refractivity contribution in [3.8, 4) is 5.75 Å². The molecular weight excluding hydrogens is 335 g/mol. The summed E-state index contributed by atoms with van der Waals surface area (Å²) in [7, 11) is 0. The Bertz CT molecular complexity index is 650. The van der Waals surface area contributed by atoms with Crippen molar-refractivity contribution in [3.63, 3.8) is 0 Å². The van der Waals surface area contributed by atoms with E-state index in [1.165, 1.54) is 12.5 Å². The van der Waals surface area contributed by atoms with E-state index in [2.05, 4.69) is 0 Å². The number of benzene rings is 1. The quantitative estimate of drug-likeness (QED) is 0.713. The molecule has 0 aromatic heterocycles.